The molecule has 0 unspecified atom stereocenters. The first-order chi connectivity index (χ1) is 15.3. The second-order valence-electron chi connectivity index (χ2n) is 7.38. The predicted molar refractivity (Wildman–Crippen MR) is 120 cm³/mol. The van der Waals surface area contributed by atoms with Crippen LogP contribution in [0.4, 0.5) is 13.2 Å². The molecule has 0 heterocycles. The first kappa shape index (κ1) is 28.3. The lowest BCUT2D eigenvalue weighted by molar-refractivity contribution is -0.132. The Labute approximate surface area is 189 Å². The van der Waals surface area contributed by atoms with Crippen LogP contribution >= 0.6 is 0 Å². The average Bonchev–Trinajstić information content (AvgIpc) is 2.73. The number of carbonyl (C=O) groups is 1. The Hall–Kier alpha value is -1.68. The molecule has 0 atom stereocenters. The number of carboxylic acid groups (broad SMARTS) is 1. The van der Waals surface area contributed by atoms with Crippen molar-refractivity contribution >= 4 is 20.8 Å². The van der Waals surface area contributed by atoms with Gasteiger partial charge in [-0.25, -0.2) is 18.0 Å². The van der Waals surface area contributed by atoms with Crippen molar-refractivity contribution in [1.82, 2.24) is 0 Å². The molecule has 5 nitrogen and oxygen atoms in total. The van der Waals surface area contributed by atoms with Crippen molar-refractivity contribution < 1.29 is 36.4 Å². The Morgan fingerprint density at radius 3 is 1.81 bits per heavy atom. The molecule has 0 saturated carbocycles. The van der Waals surface area contributed by atoms with Gasteiger partial charge >= 0.3 is 14.8 Å². The SMILES string of the molecule is CCO[Si](CCCCCCCC/C(=C\c1cc(F)c(F)c(F)c1)C(=O)O)(OCC)OCC. The van der Waals surface area contributed by atoms with Crippen LogP contribution in [-0.4, -0.2) is 39.7 Å². The van der Waals surface area contributed by atoms with Crippen molar-refractivity contribution in [1.29, 1.82) is 0 Å². The smallest absolute Gasteiger partial charge is 0.478 e. The summed E-state index contributed by atoms with van der Waals surface area (Å²) >= 11 is 0. The van der Waals surface area contributed by atoms with Crippen LogP contribution in [0.15, 0.2) is 17.7 Å². The molecule has 0 amide bonds. The van der Waals surface area contributed by atoms with E-state index >= 15 is 0 Å². The standard InChI is InChI=1S/C23H35F3O5Si/c1-4-29-32(30-5-2,31-6-3)14-12-10-8-7-9-11-13-19(23(27)28)15-18-16-20(24)22(26)21(25)17-18/h15-17H,4-14H2,1-3H3,(H,27,28)/b19-15+. The minimum absolute atomic E-state index is 0.00987. The van der Waals surface area contributed by atoms with E-state index in [4.69, 9.17) is 13.3 Å². The fraction of sp³-hybridized carbons (Fsp3) is 0.609. The van der Waals surface area contributed by atoms with Gasteiger partial charge in [0.05, 0.1) is 0 Å². The summed E-state index contributed by atoms with van der Waals surface area (Å²) in [6.07, 6.45) is 6.81. The molecule has 182 valence electrons. The summed E-state index contributed by atoms with van der Waals surface area (Å²) in [5, 5.41) is 9.35. The molecule has 1 aromatic rings. The van der Waals surface area contributed by atoms with Crippen LogP contribution in [-0.2, 0) is 18.1 Å². The van der Waals surface area contributed by atoms with Crippen LogP contribution in [0.3, 0.4) is 0 Å². The third-order valence-corrected chi connectivity index (χ3v) is 8.05. The van der Waals surface area contributed by atoms with Crippen LogP contribution in [0.5, 0.6) is 0 Å². The van der Waals surface area contributed by atoms with Crippen molar-refractivity contribution in [3.63, 3.8) is 0 Å². The molecule has 1 aromatic carbocycles. The van der Waals surface area contributed by atoms with Crippen molar-refractivity contribution in [3.8, 4) is 0 Å². The van der Waals surface area contributed by atoms with Gasteiger partial charge in [0.25, 0.3) is 0 Å². The molecular formula is C23H35F3O5Si. The minimum Gasteiger partial charge on any atom is -0.478 e. The van der Waals surface area contributed by atoms with Gasteiger partial charge in [0.1, 0.15) is 0 Å². The normalized spacial score (nSPS) is 12.4. The van der Waals surface area contributed by atoms with Crippen LogP contribution in [0, 0.1) is 17.5 Å². The number of halogens is 3. The molecule has 32 heavy (non-hydrogen) atoms. The summed E-state index contributed by atoms with van der Waals surface area (Å²) in [6, 6.07) is 2.36. The Morgan fingerprint density at radius 1 is 0.875 bits per heavy atom. The van der Waals surface area contributed by atoms with Crippen LogP contribution < -0.4 is 0 Å². The molecule has 0 spiro atoms. The molecule has 1 N–H and O–H groups in total. The van der Waals surface area contributed by atoms with Gasteiger partial charge in [0, 0.05) is 31.4 Å². The number of carboxylic acids is 1. The maximum absolute atomic E-state index is 13.3. The zero-order valence-electron chi connectivity index (χ0n) is 19.2. The van der Waals surface area contributed by atoms with Crippen molar-refractivity contribution in [2.24, 2.45) is 0 Å². The summed E-state index contributed by atoms with van der Waals surface area (Å²) in [5.74, 6) is -5.40. The van der Waals surface area contributed by atoms with Gasteiger partial charge in [0.2, 0.25) is 0 Å². The lowest BCUT2D eigenvalue weighted by Gasteiger charge is -2.28. The third-order valence-electron chi connectivity index (χ3n) is 4.89. The largest absolute Gasteiger partial charge is 0.500 e. The lowest BCUT2D eigenvalue weighted by Crippen LogP contribution is -2.45. The van der Waals surface area contributed by atoms with E-state index in [1.54, 1.807) is 0 Å². The number of unbranched alkanes of at least 4 members (excludes halogenated alkanes) is 5. The summed E-state index contributed by atoms with van der Waals surface area (Å²) in [5.41, 5.74) is 0.0284. The Bertz CT molecular complexity index is 702. The number of hydrogen-bond acceptors (Lipinski definition) is 4. The highest BCUT2D eigenvalue weighted by Crippen LogP contribution is 2.22. The van der Waals surface area contributed by atoms with E-state index in [-0.39, 0.29) is 17.6 Å². The summed E-state index contributed by atoms with van der Waals surface area (Å²) in [7, 11) is -2.60. The second-order valence-corrected chi connectivity index (χ2v) is 10.1. The quantitative estimate of drug-likeness (QED) is 0.123. The molecule has 0 aliphatic carbocycles. The molecule has 1 rings (SSSR count). The zero-order valence-corrected chi connectivity index (χ0v) is 20.2. The molecule has 9 heteroatoms. The minimum atomic E-state index is -2.60. The van der Waals surface area contributed by atoms with E-state index in [2.05, 4.69) is 0 Å². The number of rotatable bonds is 17. The van der Waals surface area contributed by atoms with E-state index in [0.717, 1.165) is 50.3 Å². The zero-order chi connectivity index (χ0) is 24.0. The molecule has 0 aliphatic heterocycles. The monoisotopic (exact) mass is 476 g/mol. The van der Waals surface area contributed by atoms with Gasteiger partial charge in [-0.1, -0.05) is 25.7 Å². The summed E-state index contributed by atoms with van der Waals surface area (Å²) in [4.78, 5) is 11.4. The van der Waals surface area contributed by atoms with Crippen molar-refractivity contribution in [2.75, 3.05) is 19.8 Å². The van der Waals surface area contributed by atoms with Gasteiger partial charge in [-0.3, -0.25) is 0 Å². The highest BCUT2D eigenvalue weighted by molar-refractivity contribution is 6.60. The molecule has 0 aromatic heterocycles. The van der Waals surface area contributed by atoms with Gasteiger partial charge in [-0.2, -0.15) is 0 Å². The fourth-order valence-electron chi connectivity index (χ4n) is 3.47. The second kappa shape index (κ2) is 15.2. The molecule has 0 bridgehead atoms. The van der Waals surface area contributed by atoms with E-state index in [1.165, 1.54) is 6.08 Å². The Morgan fingerprint density at radius 2 is 1.34 bits per heavy atom. The molecule has 0 saturated heterocycles. The highest BCUT2D eigenvalue weighted by atomic mass is 28.4. The first-order valence-electron chi connectivity index (χ1n) is 11.3. The van der Waals surface area contributed by atoms with Crippen molar-refractivity contribution in [3.05, 3.63) is 40.7 Å². The maximum atomic E-state index is 13.3. The highest BCUT2D eigenvalue weighted by Gasteiger charge is 2.39. The van der Waals surface area contributed by atoms with Crippen molar-refractivity contribution in [2.45, 2.75) is 71.8 Å². The third kappa shape index (κ3) is 9.85. The lowest BCUT2D eigenvalue weighted by atomic mass is 10.0. The summed E-state index contributed by atoms with van der Waals surface area (Å²) in [6.45, 7) is 7.47. The van der Waals surface area contributed by atoms with Gasteiger partial charge in [-0.05, 0) is 63.8 Å². The fourth-order valence-corrected chi connectivity index (χ4v) is 6.15. The Kier molecular flexibility index (Phi) is 13.5. The van der Waals surface area contributed by atoms with E-state index in [1.807, 2.05) is 20.8 Å². The van der Waals surface area contributed by atoms with Gasteiger partial charge in [-0.15, -0.1) is 0 Å². The van der Waals surface area contributed by atoms with Gasteiger partial charge < -0.3 is 18.4 Å². The molecular weight excluding hydrogens is 441 g/mol. The Balaban J connectivity index is 2.42. The predicted octanol–water partition coefficient (Wildman–Crippen LogP) is 6.35. The maximum Gasteiger partial charge on any atom is 0.500 e. The number of aliphatic carboxylic acids is 1. The molecule has 0 aliphatic rings. The summed E-state index contributed by atoms with van der Waals surface area (Å²) < 4.78 is 57.2. The van der Waals surface area contributed by atoms with Crippen LogP contribution in [0.2, 0.25) is 6.04 Å². The molecule has 0 fully saturated rings. The van der Waals surface area contributed by atoms with E-state index in [9.17, 15) is 23.1 Å². The van der Waals surface area contributed by atoms with E-state index in [0.29, 0.717) is 26.2 Å². The van der Waals surface area contributed by atoms with Crippen LogP contribution in [0.25, 0.3) is 6.08 Å². The van der Waals surface area contributed by atoms with E-state index < -0.39 is 32.2 Å². The first-order valence-corrected chi connectivity index (χ1v) is 13.2. The average molecular weight is 477 g/mol. The molecule has 0 radical (unpaired) electrons. The van der Waals surface area contributed by atoms with Crippen LogP contribution in [0.1, 0.15) is 71.3 Å². The topological polar surface area (TPSA) is 65.0 Å². The van der Waals surface area contributed by atoms with Gasteiger partial charge in [0.15, 0.2) is 17.5 Å². The number of hydrogen-bond donors (Lipinski definition) is 1. The number of benzene rings is 1.